The first-order chi connectivity index (χ1) is 18.5. The van der Waals surface area contributed by atoms with E-state index in [-0.39, 0.29) is 11.8 Å². The van der Waals surface area contributed by atoms with E-state index in [2.05, 4.69) is 36.8 Å². The predicted molar refractivity (Wildman–Crippen MR) is 167 cm³/mol. The summed E-state index contributed by atoms with van der Waals surface area (Å²) in [6, 6.07) is 29.5. The van der Waals surface area contributed by atoms with Gasteiger partial charge in [0.25, 0.3) is 11.8 Å². The molecule has 39 heavy (non-hydrogen) atoms. The molecule has 9 heteroatoms. The molecule has 4 aromatic carbocycles. The minimum absolute atomic E-state index is 0.219. The molecule has 0 spiro atoms. The fourth-order valence-electron chi connectivity index (χ4n) is 4.32. The van der Waals surface area contributed by atoms with Crippen LogP contribution in [0.25, 0.3) is 0 Å². The summed E-state index contributed by atoms with van der Waals surface area (Å²) in [5.74, 6) is -0.438. The summed E-state index contributed by atoms with van der Waals surface area (Å²) < 4.78 is 6.86. The number of carbonyl (C=O) groups is 2. The molecule has 0 radical (unpaired) electrons. The van der Waals surface area contributed by atoms with Gasteiger partial charge in [0.15, 0.2) is 0 Å². The Bertz CT molecular complexity index is 1380. The Kier molecular flexibility index (Phi) is 8.78. The van der Waals surface area contributed by atoms with Crippen molar-refractivity contribution < 1.29 is 13.7 Å². The number of halogens is 2. The van der Waals surface area contributed by atoms with Crippen LogP contribution in [-0.4, -0.2) is 28.4 Å². The van der Waals surface area contributed by atoms with Crippen LogP contribution in [0, 0.1) is 0 Å². The molecule has 0 fully saturated rings. The van der Waals surface area contributed by atoms with Gasteiger partial charge in [-0.2, -0.15) is 0 Å². The molecule has 0 aliphatic rings. The number of hydrogen-bond donors (Lipinski definition) is 2. The van der Waals surface area contributed by atoms with Crippen LogP contribution in [0.2, 0.25) is 36.2 Å². The molecule has 4 rings (SSSR count). The first kappa shape index (κ1) is 28.8. The molecular formula is C30H30Cl2N2O3Si2. The van der Waals surface area contributed by atoms with Gasteiger partial charge in [-0.05, 0) is 85.1 Å². The van der Waals surface area contributed by atoms with Gasteiger partial charge < -0.3 is 14.7 Å². The van der Waals surface area contributed by atoms with Crippen LogP contribution in [0.3, 0.4) is 0 Å². The Morgan fingerprint density at radius 2 is 0.897 bits per heavy atom. The van der Waals surface area contributed by atoms with Crippen molar-refractivity contribution in [3.8, 4) is 0 Å². The third kappa shape index (κ3) is 7.06. The number of nitrogens with one attached hydrogen (secondary N) is 2. The van der Waals surface area contributed by atoms with Gasteiger partial charge in [0.2, 0.25) is 16.6 Å². The smallest absolute Gasteiger partial charge is 0.255 e. The zero-order valence-corrected chi connectivity index (χ0v) is 25.7. The molecular weight excluding hydrogens is 563 g/mol. The number of amides is 2. The molecule has 0 saturated heterocycles. The minimum atomic E-state index is -2.32. The van der Waals surface area contributed by atoms with E-state index in [1.165, 1.54) is 0 Å². The highest BCUT2D eigenvalue weighted by Gasteiger charge is 2.36. The summed E-state index contributed by atoms with van der Waals surface area (Å²) in [6.45, 7) is 8.63. The average molecular weight is 594 g/mol. The molecule has 0 aliphatic carbocycles. The van der Waals surface area contributed by atoms with Gasteiger partial charge in [-0.25, -0.2) is 0 Å². The van der Waals surface area contributed by atoms with Crippen molar-refractivity contribution in [2.24, 2.45) is 0 Å². The van der Waals surface area contributed by atoms with Gasteiger partial charge in [-0.3, -0.25) is 9.59 Å². The summed E-state index contributed by atoms with van der Waals surface area (Å²) in [6.07, 6.45) is 0. The van der Waals surface area contributed by atoms with E-state index >= 15 is 0 Å². The minimum Gasteiger partial charge on any atom is -0.449 e. The van der Waals surface area contributed by atoms with Gasteiger partial charge in [0.05, 0.1) is 21.4 Å². The fourth-order valence-corrected chi connectivity index (χ4v) is 12.7. The van der Waals surface area contributed by atoms with Crippen molar-refractivity contribution in [1.82, 2.24) is 0 Å². The summed E-state index contributed by atoms with van der Waals surface area (Å²) >= 11 is 12.3. The van der Waals surface area contributed by atoms with Crippen LogP contribution < -0.4 is 21.0 Å². The molecule has 0 saturated carbocycles. The van der Waals surface area contributed by atoms with Crippen LogP contribution in [0.4, 0.5) is 11.4 Å². The molecule has 200 valence electrons. The number of carbonyl (C=O) groups excluding carboxylic acids is 2. The van der Waals surface area contributed by atoms with Gasteiger partial charge in [0, 0.05) is 11.1 Å². The molecule has 4 aromatic rings. The zero-order chi connectivity index (χ0) is 28.2. The Hall–Kier alpha value is -3.21. The molecule has 2 N–H and O–H groups in total. The number of hydrogen-bond acceptors (Lipinski definition) is 3. The van der Waals surface area contributed by atoms with Crippen molar-refractivity contribution in [2.75, 3.05) is 10.6 Å². The van der Waals surface area contributed by atoms with E-state index in [0.29, 0.717) is 32.5 Å². The normalized spacial score (nSPS) is 11.6. The van der Waals surface area contributed by atoms with E-state index in [0.717, 1.165) is 10.4 Å². The second-order valence-electron chi connectivity index (χ2n) is 10.1. The fraction of sp³-hybridized carbons (Fsp3) is 0.133. The second-order valence-corrected chi connectivity index (χ2v) is 19.0. The lowest BCUT2D eigenvalue weighted by Gasteiger charge is -2.34. The van der Waals surface area contributed by atoms with E-state index in [1.807, 2.05) is 72.8 Å². The summed E-state index contributed by atoms with van der Waals surface area (Å²) in [4.78, 5) is 25.4. The maximum Gasteiger partial charge on any atom is 0.255 e. The standard InChI is InChI=1S/C30H30Cl2N2O3Si2/c1-38(2,23-17-13-21(14-18-23)29(35)33-27-11-7-5-9-25(27)31)37-39(3,4)24-19-15-22(16-20-24)30(36)34-28-12-8-6-10-26(28)32/h5-20H,1-4H3,(H,33,35)(H,34,36). The third-order valence-corrected chi connectivity index (χ3v) is 14.6. The number of benzene rings is 4. The van der Waals surface area contributed by atoms with Crippen LogP contribution in [0.5, 0.6) is 0 Å². The topological polar surface area (TPSA) is 67.4 Å². The lowest BCUT2D eigenvalue weighted by Crippen LogP contribution is -2.57. The lowest BCUT2D eigenvalue weighted by molar-refractivity contribution is 0.101. The average Bonchev–Trinajstić information content (AvgIpc) is 2.91. The van der Waals surface area contributed by atoms with E-state index in [4.69, 9.17) is 27.3 Å². The monoisotopic (exact) mass is 592 g/mol. The van der Waals surface area contributed by atoms with E-state index in [1.54, 1.807) is 24.3 Å². The summed E-state index contributed by atoms with van der Waals surface area (Å²) in [5.41, 5.74) is 2.24. The second kappa shape index (κ2) is 11.9. The highest BCUT2D eigenvalue weighted by molar-refractivity contribution is 6.96. The van der Waals surface area contributed by atoms with Crippen molar-refractivity contribution in [3.05, 3.63) is 118 Å². The quantitative estimate of drug-likeness (QED) is 0.216. The maximum absolute atomic E-state index is 12.7. The molecule has 0 unspecified atom stereocenters. The first-order valence-electron chi connectivity index (χ1n) is 12.5. The van der Waals surface area contributed by atoms with Crippen molar-refractivity contribution in [1.29, 1.82) is 0 Å². The number of anilines is 2. The molecule has 2 amide bonds. The SMILES string of the molecule is C[Si](C)(O[Si](C)(C)c1ccc(C(=O)Nc2ccccc2Cl)cc1)c1ccc(C(=O)Nc2ccccc2Cl)cc1. The third-order valence-electron chi connectivity index (χ3n) is 6.44. The Labute approximate surface area is 241 Å². The maximum atomic E-state index is 12.7. The first-order valence-corrected chi connectivity index (χ1v) is 19.1. The molecule has 0 aromatic heterocycles. The Morgan fingerprint density at radius 1 is 0.564 bits per heavy atom. The van der Waals surface area contributed by atoms with Crippen LogP contribution in [0.15, 0.2) is 97.1 Å². The number of rotatable bonds is 8. The summed E-state index contributed by atoms with van der Waals surface area (Å²) in [5, 5.41) is 8.87. The Morgan fingerprint density at radius 3 is 1.23 bits per heavy atom. The highest BCUT2D eigenvalue weighted by Crippen LogP contribution is 2.23. The van der Waals surface area contributed by atoms with Gasteiger partial charge >= 0.3 is 0 Å². The Balaban J connectivity index is 1.43. The summed E-state index contributed by atoms with van der Waals surface area (Å²) in [7, 11) is -4.63. The largest absolute Gasteiger partial charge is 0.449 e. The lowest BCUT2D eigenvalue weighted by atomic mass is 10.2. The van der Waals surface area contributed by atoms with Crippen LogP contribution >= 0.6 is 23.2 Å². The van der Waals surface area contributed by atoms with Gasteiger partial charge in [-0.1, -0.05) is 71.7 Å². The van der Waals surface area contributed by atoms with Crippen molar-refractivity contribution >= 4 is 73.4 Å². The van der Waals surface area contributed by atoms with E-state index < -0.39 is 16.6 Å². The molecule has 5 nitrogen and oxygen atoms in total. The zero-order valence-electron chi connectivity index (χ0n) is 22.2. The molecule has 0 heterocycles. The van der Waals surface area contributed by atoms with E-state index in [9.17, 15) is 9.59 Å². The van der Waals surface area contributed by atoms with Crippen molar-refractivity contribution in [2.45, 2.75) is 26.2 Å². The molecule has 0 atom stereocenters. The van der Waals surface area contributed by atoms with Crippen molar-refractivity contribution in [3.63, 3.8) is 0 Å². The highest BCUT2D eigenvalue weighted by atomic mass is 35.5. The molecule has 0 bridgehead atoms. The molecule has 0 aliphatic heterocycles. The van der Waals surface area contributed by atoms with Gasteiger partial charge in [0.1, 0.15) is 0 Å². The number of para-hydroxylation sites is 2. The predicted octanol–water partition coefficient (Wildman–Crippen LogP) is 7.04. The van der Waals surface area contributed by atoms with Crippen LogP contribution in [0.1, 0.15) is 20.7 Å². The van der Waals surface area contributed by atoms with Crippen LogP contribution in [-0.2, 0) is 4.12 Å². The van der Waals surface area contributed by atoms with Gasteiger partial charge in [-0.15, -0.1) is 0 Å².